The fourth-order valence-corrected chi connectivity index (χ4v) is 2.78. The SMILES string of the molecule is O=C(Nc1ccccc1-c1cccs1)c1cc[nH]c(=O)c1. The van der Waals surface area contributed by atoms with Crippen LogP contribution in [0.2, 0.25) is 0 Å². The number of rotatable bonds is 3. The molecule has 0 aliphatic heterocycles. The van der Waals surface area contributed by atoms with Crippen molar-refractivity contribution in [3.05, 3.63) is 76.0 Å². The molecule has 5 heteroatoms. The predicted molar refractivity (Wildman–Crippen MR) is 84.8 cm³/mol. The van der Waals surface area contributed by atoms with Gasteiger partial charge >= 0.3 is 0 Å². The highest BCUT2D eigenvalue weighted by molar-refractivity contribution is 7.13. The fraction of sp³-hybridized carbons (Fsp3) is 0. The summed E-state index contributed by atoms with van der Waals surface area (Å²) in [6.45, 7) is 0. The minimum absolute atomic E-state index is 0.297. The highest BCUT2D eigenvalue weighted by Crippen LogP contribution is 2.31. The molecule has 2 N–H and O–H groups in total. The van der Waals surface area contributed by atoms with E-state index in [1.807, 2.05) is 41.8 Å². The van der Waals surface area contributed by atoms with Gasteiger partial charge in [0.1, 0.15) is 0 Å². The van der Waals surface area contributed by atoms with Crippen LogP contribution in [-0.4, -0.2) is 10.9 Å². The minimum atomic E-state index is -0.301. The molecule has 0 aliphatic carbocycles. The maximum absolute atomic E-state index is 12.2. The van der Waals surface area contributed by atoms with Crippen LogP contribution in [0.3, 0.4) is 0 Å². The van der Waals surface area contributed by atoms with Crippen LogP contribution in [0.15, 0.2) is 64.9 Å². The van der Waals surface area contributed by atoms with Crippen LogP contribution < -0.4 is 10.9 Å². The molecule has 3 rings (SSSR count). The Bertz CT molecular complexity index is 822. The third-order valence-corrected chi connectivity index (χ3v) is 3.90. The molecule has 2 heterocycles. The zero-order valence-corrected chi connectivity index (χ0v) is 11.8. The summed E-state index contributed by atoms with van der Waals surface area (Å²) in [6, 6.07) is 14.4. The van der Waals surface area contributed by atoms with Gasteiger partial charge in [-0.25, -0.2) is 0 Å². The first-order valence-electron chi connectivity index (χ1n) is 6.37. The lowest BCUT2D eigenvalue weighted by molar-refractivity contribution is 0.102. The number of para-hydroxylation sites is 1. The number of hydrogen-bond acceptors (Lipinski definition) is 3. The summed E-state index contributed by atoms with van der Waals surface area (Å²) < 4.78 is 0. The van der Waals surface area contributed by atoms with Gasteiger partial charge in [-0.2, -0.15) is 0 Å². The topological polar surface area (TPSA) is 62.0 Å². The molecule has 0 fully saturated rings. The van der Waals surface area contributed by atoms with Gasteiger partial charge < -0.3 is 10.3 Å². The van der Waals surface area contributed by atoms with Crippen LogP contribution in [0, 0.1) is 0 Å². The van der Waals surface area contributed by atoms with Gasteiger partial charge in [0, 0.05) is 34.0 Å². The Hall–Kier alpha value is -2.66. The van der Waals surface area contributed by atoms with E-state index in [2.05, 4.69) is 10.3 Å². The van der Waals surface area contributed by atoms with Crippen LogP contribution in [0.1, 0.15) is 10.4 Å². The predicted octanol–water partition coefficient (Wildman–Crippen LogP) is 3.36. The third-order valence-electron chi connectivity index (χ3n) is 3.00. The quantitative estimate of drug-likeness (QED) is 0.778. The van der Waals surface area contributed by atoms with Crippen molar-refractivity contribution in [2.45, 2.75) is 0 Å². The van der Waals surface area contributed by atoms with Crippen molar-refractivity contribution in [1.29, 1.82) is 0 Å². The first-order valence-corrected chi connectivity index (χ1v) is 7.25. The summed E-state index contributed by atoms with van der Waals surface area (Å²) >= 11 is 1.61. The number of pyridine rings is 1. The minimum Gasteiger partial charge on any atom is -0.329 e. The molecule has 1 amide bonds. The van der Waals surface area contributed by atoms with E-state index in [-0.39, 0.29) is 11.5 Å². The molecule has 21 heavy (non-hydrogen) atoms. The lowest BCUT2D eigenvalue weighted by Gasteiger charge is -2.09. The molecule has 4 nitrogen and oxygen atoms in total. The maximum Gasteiger partial charge on any atom is 0.255 e. The van der Waals surface area contributed by atoms with Gasteiger partial charge in [0.25, 0.3) is 5.91 Å². The summed E-state index contributed by atoms with van der Waals surface area (Å²) in [5, 5.41) is 4.85. The van der Waals surface area contributed by atoms with Gasteiger partial charge in [0.15, 0.2) is 0 Å². The van der Waals surface area contributed by atoms with E-state index in [1.54, 1.807) is 17.4 Å². The van der Waals surface area contributed by atoms with Crippen LogP contribution in [-0.2, 0) is 0 Å². The zero-order valence-electron chi connectivity index (χ0n) is 11.0. The monoisotopic (exact) mass is 296 g/mol. The van der Waals surface area contributed by atoms with Crippen LogP contribution in [0.4, 0.5) is 5.69 Å². The maximum atomic E-state index is 12.2. The highest BCUT2D eigenvalue weighted by atomic mass is 32.1. The second-order valence-electron chi connectivity index (χ2n) is 4.42. The van der Waals surface area contributed by atoms with E-state index in [0.717, 1.165) is 16.1 Å². The van der Waals surface area contributed by atoms with Crippen molar-refractivity contribution in [1.82, 2.24) is 4.98 Å². The van der Waals surface area contributed by atoms with Crippen LogP contribution in [0.5, 0.6) is 0 Å². The molecule has 0 spiro atoms. The zero-order chi connectivity index (χ0) is 14.7. The van der Waals surface area contributed by atoms with E-state index in [4.69, 9.17) is 0 Å². The molecule has 0 aliphatic rings. The molecular formula is C16H12N2O2S. The van der Waals surface area contributed by atoms with Gasteiger partial charge in [-0.1, -0.05) is 24.3 Å². The lowest BCUT2D eigenvalue weighted by atomic mass is 10.1. The molecular weight excluding hydrogens is 284 g/mol. The number of amides is 1. The normalized spacial score (nSPS) is 10.3. The number of aromatic amines is 1. The van der Waals surface area contributed by atoms with E-state index in [1.165, 1.54) is 12.3 Å². The second kappa shape index (κ2) is 5.76. The molecule has 0 saturated heterocycles. The van der Waals surface area contributed by atoms with Crippen molar-refractivity contribution in [3.8, 4) is 10.4 Å². The molecule has 0 bridgehead atoms. The number of thiophene rings is 1. The van der Waals surface area contributed by atoms with Gasteiger partial charge in [0.05, 0.1) is 0 Å². The molecule has 0 saturated carbocycles. The summed E-state index contributed by atoms with van der Waals surface area (Å²) in [6.07, 6.45) is 1.46. The summed E-state index contributed by atoms with van der Waals surface area (Å²) in [5.74, 6) is -0.301. The van der Waals surface area contributed by atoms with Crippen molar-refractivity contribution in [3.63, 3.8) is 0 Å². The van der Waals surface area contributed by atoms with Gasteiger partial charge in [-0.15, -0.1) is 11.3 Å². The molecule has 104 valence electrons. The lowest BCUT2D eigenvalue weighted by Crippen LogP contribution is -2.15. The average molecular weight is 296 g/mol. The number of hydrogen-bond donors (Lipinski definition) is 2. The third kappa shape index (κ3) is 2.93. The van der Waals surface area contributed by atoms with E-state index in [9.17, 15) is 9.59 Å². The molecule has 0 atom stereocenters. The summed E-state index contributed by atoms with van der Waals surface area (Å²) in [5.41, 5.74) is 1.73. The number of nitrogens with one attached hydrogen (secondary N) is 2. The number of carbonyl (C=O) groups is 1. The molecule has 3 aromatic rings. The Labute approximate surface area is 125 Å². The van der Waals surface area contributed by atoms with Crippen LogP contribution >= 0.6 is 11.3 Å². The Morgan fingerprint density at radius 1 is 1.10 bits per heavy atom. The van der Waals surface area contributed by atoms with Crippen molar-refractivity contribution in [2.75, 3.05) is 5.32 Å². The average Bonchev–Trinajstić information content (AvgIpc) is 3.02. The van der Waals surface area contributed by atoms with E-state index in [0.29, 0.717) is 5.56 Å². The summed E-state index contributed by atoms with van der Waals surface area (Å²) in [7, 11) is 0. The summed E-state index contributed by atoms with van der Waals surface area (Å²) in [4.78, 5) is 27.1. The molecule has 0 unspecified atom stereocenters. The number of anilines is 1. The second-order valence-corrected chi connectivity index (χ2v) is 5.37. The first kappa shape index (κ1) is 13.3. The number of carbonyl (C=O) groups excluding carboxylic acids is 1. The van der Waals surface area contributed by atoms with Crippen molar-refractivity contribution in [2.24, 2.45) is 0 Å². The molecule has 2 aromatic heterocycles. The number of aromatic nitrogens is 1. The standard InChI is InChI=1S/C16H12N2O2S/c19-15-10-11(7-8-17-15)16(20)18-13-5-2-1-4-12(13)14-6-3-9-21-14/h1-10H,(H,17,19)(H,18,20). The Morgan fingerprint density at radius 2 is 1.95 bits per heavy atom. The Morgan fingerprint density at radius 3 is 2.71 bits per heavy atom. The Kier molecular flexibility index (Phi) is 3.66. The molecule has 1 aromatic carbocycles. The highest BCUT2D eigenvalue weighted by Gasteiger charge is 2.10. The van der Waals surface area contributed by atoms with E-state index >= 15 is 0 Å². The van der Waals surface area contributed by atoms with Crippen LogP contribution in [0.25, 0.3) is 10.4 Å². The van der Waals surface area contributed by atoms with E-state index < -0.39 is 0 Å². The first-order chi connectivity index (χ1) is 10.2. The van der Waals surface area contributed by atoms with Crippen molar-refractivity contribution < 1.29 is 4.79 Å². The smallest absolute Gasteiger partial charge is 0.255 e. The van der Waals surface area contributed by atoms with Gasteiger partial charge in [-0.3, -0.25) is 9.59 Å². The number of benzene rings is 1. The van der Waals surface area contributed by atoms with Gasteiger partial charge in [0.2, 0.25) is 5.56 Å². The Balaban J connectivity index is 1.92. The van der Waals surface area contributed by atoms with Gasteiger partial charge in [-0.05, 0) is 23.6 Å². The van der Waals surface area contributed by atoms with Crippen molar-refractivity contribution >= 4 is 22.9 Å². The fourth-order valence-electron chi connectivity index (χ4n) is 2.02. The molecule has 0 radical (unpaired) electrons. The number of H-pyrrole nitrogens is 1. The largest absolute Gasteiger partial charge is 0.329 e.